The molecule has 2 aromatic carbocycles. The number of likely N-dealkylation sites (tertiary alicyclic amines) is 1. The van der Waals surface area contributed by atoms with Crippen molar-refractivity contribution in [3.63, 3.8) is 0 Å². The number of rotatable bonds is 4. The molecule has 0 atom stereocenters. The van der Waals surface area contributed by atoms with E-state index in [1.807, 2.05) is 18.2 Å². The Labute approximate surface area is 166 Å². The average Bonchev–Trinajstić information content (AvgIpc) is 3.15. The van der Waals surface area contributed by atoms with Gasteiger partial charge in [0.05, 0.1) is 5.69 Å². The monoisotopic (exact) mass is 393 g/mol. The fourth-order valence-electron chi connectivity index (χ4n) is 3.64. The van der Waals surface area contributed by atoms with Gasteiger partial charge in [-0.05, 0) is 49.2 Å². The summed E-state index contributed by atoms with van der Waals surface area (Å²) in [6, 6.07) is 15.9. The molecule has 0 radical (unpaired) electrons. The first-order valence-corrected chi connectivity index (χ1v) is 9.49. The van der Waals surface area contributed by atoms with E-state index < -0.39 is 0 Å². The van der Waals surface area contributed by atoms with Crippen LogP contribution in [0, 0.1) is 11.7 Å². The minimum absolute atomic E-state index is 0.0271. The molecule has 1 aliphatic heterocycles. The van der Waals surface area contributed by atoms with Gasteiger partial charge >= 0.3 is 0 Å². The number of nitrogens with zero attached hydrogens (tertiary/aromatic N) is 2. The molecule has 0 aliphatic carbocycles. The summed E-state index contributed by atoms with van der Waals surface area (Å²) in [5.41, 5.74) is 1.06. The van der Waals surface area contributed by atoms with E-state index in [1.54, 1.807) is 17.0 Å². The Kier molecular flexibility index (Phi) is 5.12. The predicted octanol–water partition coefficient (Wildman–Crippen LogP) is 3.04. The van der Waals surface area contributed by atoms with E-state index in [4.69, 9.17) is 0 Å². The second-order valence-electron chi connectivity index (χ2n) is 7.12. The summed E-state index contributed by atoms with van der Waals surface area (Å²) >= 11 is 0. The third-order valence-corrected chi connectivity index (χ3v) is 5.25. The first kappa shape index (κ1) is 18.9. The Morgan fingerprint density at radius 2 is 1.62 bits per heavy atom. The molecular formula is C22H20FN3O3. The molecule has 148 valence electrons. The van der Waals surface area contributed by atoms with Crippen molar-refractivity contribution in [1.29, 1.82) is 0 Å². The summed E-state index contributed by atoms with van der Waals surface area (Å²) < 4.78 is 14.4. The molecule has 1 aliphatic rings. The quantitative estimate of drug-likeness (QED) is 0.693. The molecule has 4 rings (SSSR count). The minimum atomic E-state index is -0.376. The highest BCUT2D eigenvalue weighted by Gasteiger charge is 2.29. The van der Waals surface area contributed by atoms with Crippen LogP contribution in [0.1, 0.15) is 33.7 Å². The van der Waals surface area contributed by atoms with E-state index in [0.717, 1.165) is 0 Å². The lowest BCUT2D eigenvalue weighted by molar-refractivity contribution is 0.0645. The van der Waals surface area contributed by atoms with Crippen LogP contribution in [-0.4, -0.2) is 39.5 Å². The fourth-order valence-corrected chi connectivity index (χ4v) is 3.64. The highest BCUT2D eigenvalue weighted by atomic mass is 19.1. The summed E-state index contributed by atoms with van der Waals surface area (Å²) in [7, 11) is 0. The number of piperidine rings is 1. The van der Waals surface area contributed by atoms with Gasteiger partial charge in [-0.3, -0.25) is 19.5 Å². The lowest BCUT2D eigenvalue weighted by Crippen LogP contribution is -2.40. The van der Waals surface area contributed by atoms with Gasteiger partial charge in [0.1, 0.15) is 11.5 Å². The number of aromatic amines is 1. The lowest BCUT2D eigenvalue weighted by Gasteiger charge is -2.31. The number of amides is 1. The number of hydrogen-bond donors (Lipinski definition) is 1. The van der Waals surface area contributed by atoms with Crippen LogP contribution in [0.2, 0.25) is 0 Å². The number of aromatic nitrogens is 2. The molecule has 1 saturated heterocycles. The third kappa shape index (κ3) is 3.89. The molecule has 0 unspecified atom stereocenters. The molecule has 0 saturated carbocycles. The molecule has 29 heavy (non-hydrogen) atoms. The van der Waals surface area contributed by atoms with Crippen LogP contribution in [0.4, 0.5) is 4.39 Å². The summed E-state index contributed by atoms with van der Waals surface area (Å²) in [4.78, 5) is 39.3. The van der Waals surface area contributed by atoms with Crippen LogP contribution in [0.25, 0.3) is 5.69 Å². The molecule has 7 heteroatoms. The topological polar surface area (TPSA) is 75.2 Å². The maximum atomic E-state index is 13.0. The number of ketones is 1. The van der Waals surface area contributed by atoms with Crippen molar-refractivity contribution in [1.82, 2.24) is 14.7 Å². The van der Waals surface area contributed by atoms with Crippen LogP contribution in [0.15, 0.2) is 65.5 Å². The molecule has 1 aromatic heterocycles. The number of halogens is 1. The van der Waals surface area contributed by atoms with Crippen molar-refractivity contribution in [2.75, 3.05) is 13.1 Å². The number of Topliss-reactive ketones (excluding diaryl/α,β-unsaturated/α-hetero) is 1. The zero-order valence-electron chi connectivity index (χ0n) is 15.7. The predicted molar refractivity (Wildman–Crippen MR) is 106 cm³/mol. The second kappa shape index (κ2) is 7.87. The molecular weight excluding hydrogens is 373 g/mol. The van der Waals surface area contributed by atoms with Crippen molar-refractivity contribution < 1.29 is 14.0 Å². The van der Waals surface area contributed by atoms with Crippen molar-refractivity contribution in [2.45, 2.75) is 12.8 Å². The Balaban J connectivity index is 1.42. The summed E-state index contributed by atoms with van der Waals surface area (Å²) in [5, 5.41) is 2.87. The molecule has 3 aromatic rings. The minimum Gasteiger partial charge on any atom is -0.337 e. The maximum Gasteiger partial charge on any atom is 0.271 e. The number of para-hydroxylation sites is 1. The number of nitrogens with one attached hydrogen (secondary N) is 1. The van der Waals surface area contributed by atoms with Gasteiger partial charge in [-0.1, -0.05) is 18.2 Å². The van der Waals surface area contributed by atoms with Crippen molar-refractivity contribution in [2.24, 2.45) is 5.92 Å². The standard InChI is InChI=1S/C22H20FN3O3/c23-17-8-6-15(7-9-17)21(28)16-10-12-25(13-11-16)22(29)19-14-20(27)26(24-19)18-4-2-1-3-5-18/h1-9,14,16,24H,10-13H2. The van der Waals surface area contributed by atoms with Crippen molar-refractivity contribution >= 4 is 11.7 Å². The van der Waals surface area contributed by atoms with Gasteiger partial charge in [-0.15, -0.1) is 0 Å². The number of carbonyl (C=O) groups is 2. The molecule has 2 heterocycles. The first-order valence-electron chi connectivity index (χ1n) is 9.49. The highest BCUT2D eigenvalue weighted by molar-refractivity contribution is 5.98. The zero-order valence-corrected chi connectivity index (χ0v) is 15.7. The SMILES string of the molecule is O=C(c1ccc(F)cc1)C1CCN(C(=O)c2cc(=O)n(-c3ccccc3)[nH]2)CC1. The van der Waals surface area contributed by atoms with Gasteiger partial charge < -0.3 is 4.90 Å². The molecule has 0 bridgehead atoms. The van der Waals surface area contributed by atoms with Crippen LogP contribution < -0.4 is 5.56 Å². The highest BCUT2D eigenvalue weighted by Crippen LogP contribution is 2.23. The Morgan fingerprint density at radius 3 is 2.28 bits per heavy atom. The fraction of sp³-hybridized carbons (Fsp3) is 0.227. The van der Waals surface area contributed by atoms with Gasteiger partial charge in [0.15, 0.2) is 5.78 Å². The van der Waals surface area contributed by atoms with E-state index in [-0.39, 0.29) is 34.7 Å². The summed E-state index contributed by atoms with van der Waals surface area (Å²) in [6.07, 6.45) is 1.07. The summed E-state index contributed by atoms with van der Waals surface area (Å²) in [6.45, 7) is 0.851. The molecule has 1 N–H and O–H groups in total. The van der Waals surface area contributed by atoms with E-state index in [2.05, 4.69) is 5.10 Å². The van der Waals surface area contributed by atoms with Crippen LogP contribution >= 0.6 is 0 Å². The lowest BCUT2D eigenvalue weighted by atomic mass is 9.89. The van der Waals surface area contributed by atoms with E-state index in [9.17, 15) is 18.8 Å². The van der Waals surface area contributed by atoms with E-state index in [1.165, 1.54) is 35.0 Å². The summed E-state index contributed by atoms with van der Waals surface area (Å²) in [5.74, 6) is -0.860. The van der Waals surface area contributed by atoms with Gasteiger partial charge in [-0.25, -0.2) is 9.07 Å². The molecule has 1 amide bonds. The third-order valence-electron chi connectivity index (χ3n) is 5.25. The number of hydrogen-bond acceptors (Lipinski definition) is 3. The molecule has 0 spiro atoms. The average molecular weight is 393 g/mol. The normalized spacial score (nSPS) is 14.7. The number of H-pyrrole nitrogens is 1. The number of carbonyl (C=O) groups excluding carboxylic acids is 2. The van der Waals surface area contributed by atoms with Crippen LogP contribution in [0.3, 0.4) is 0 Å². The molecule has 1 fully saturated rings. The van der Waals surface area contributed by atoms with Crippen molar-refractivity contribution in [3.8, 4) is 5.69 Å². The van der Waals surface area contributed by atoms with Gasteiger partial charge in [0, 0.05) is 30.6 Å². The Bertz CT molecular complexity index is 1080. The van der Waals surface area contributed by atoms with Crippen LogP contribution in [-0.2, 0) is 0 Å². The number of benzene rings is 2. The maximum absolute atomic E-state index is 13.0. The molecule has 6 nitrogen and oxygen atoms in total. The first-order chi connectivity index (χ1) is 14.0. The van der Waals surface area contributed by atoms with E-state index in [0.29, 0.717) is 37.2 Å². The van der Waals surface area contributed by atoms with Gasteiger partial charge in [0.25, 0.3) is 11.5 Å². The van der Waals surface area contributed by atoms with E-state index >= 15 is 0 Å². The smallest absolute Gasteiger partial charge is 0.271 e. The Morgan fingerprint density at radius 1 is 0.966 bits per heavy atom. The van der Waals surface area contributed by atoms with Gasteiger partial charge in [0.2, 0.25) is 0 Å². The second-order valence-corrected chi connectivity index (χ2v) is 7.12. The Hall–Kier alpha value is -3.48. The largest absolute Gasteiger partial charge is 0.337 e. The zero-order chi connectivity index (χ0) is 20.4. The van der Waals surface area contributed by atoms with Crippen molar-refractivity contribution in [3.05, 3.63) is 88.1 Å². The van der Waals surface area contributed by atoms with Gasteiger partial charge in [-0.2, -0.15) is 0 Å². The van der Waals surface area contributed by atoms with Crippen LogP contribution in [0.5, 0.6) is 0 Å².